The third kappa shape index (κ3) is 30.2. The van der Waals surface area contributed by atoms with Gasteiger partial charge in [-0.2, -0.15) is 8.42 Å². The molecule has 2 aliphatic heterocycles. The molecular formula is C73H96N8O25S. The quantitative estimate of drug-likeness (QED) is 0.00971. The zero-order chi connectivity index (χ0) is 77.7. The smallest absolute Gasteiger partial charge is 0.432 e. The molecule has 2 fully saturated rings. The molecule has 34 heteroatoms. The van der Waals surface area contributed by atoms with Gasteiger partial charge in [-0.3, -0.25) is 62.2 Å². The van der Waals surface area contributed by atoms with Gasteiger partial charge in [-0.15, -0.1) is 0 Å². The number of fused-ring (bicyclic) bond motifs is 6. The van der Waals surface area contributed by atoms with Gasteiger partial charge in [0.25, 0.3) is 33.7 Å². The van der Waals surface area contributed by atoms with Crippen molar-refractivity contribution in [3.8, 4) is 22.3 Å². The molecule has 0 bridgehead atoms. The Kier molecular flexibility index (Phi) is 36.7. The van der Waals surface area contributed by atoms with Crippen molar-refractivity contribution >= 4 is 104 Å². The van der Waals surface area contributed by atoms with Gasteiger partial charge in [0.1, 0.15) is 26.4 Å². The fraction of sp³-hybridized carbons (Fsp3) is 0.507. The molecule has 4 aromatic rings. The van der Waals surface area contributed by atoms with E-state index in [-0.39, 0.29) is 113 Å². The van der Waals surface area contributed by atoms with E-state index in [4.69, 9.17) is 52.1 Å². The van der Waals surface area contributed by atoms with E-state index in [1.165, 1.54) is 0 Å². The molecule has 10 amide bonds. The fourth-order valence-electron chi connectivity index (χ4n) is 11.2. The monoisotopic (exact) mass is 1520 g/mol. The Morgan fingerprint density at radius 3 is 1.05 bits per heavy atom. The van der Waals surface area contributed by atoms with Crippen LogP contribution in [-0.2, 0) is 106 Å². The maximum atomic E-state index is 12.9. The molecule has 2 aliphatic carbocycles. The second kappa shape index (κ2) is 45.6. The van der Waals surface area contributed by atoms with Gasteiger partial charge in [0.15, 0.2) is 0 Å². The summed E-state index contributed by atoms with van der Waals surface area (Å²) < 4.78 is 68.3. The number of methoxy groups -OCH3 is 2. The number of rotatable bonds is 42. The van der Waals surface area contributed by atoms with Gasteiger partial charge >= 0.3 is 12.3 Å². The molecular weight excluding hydrogens is 1420 g/mol. The molecule has 2 saturated heterocycles. The first-order valence-corrected chi connectivity index (χ1v) is 37.2. The number of hydrogen-bond donors (Lipinski definition) is 7. The Hall–Kier alpha value is -9.81. The second-order valence-electron chi connectivity index (χ2n) is 24.8. The second-order valence-corrected chi connectivity index (χ2v) is 26.3. The summed E-state index contributed by atoms with van der Waals surface area (Å²) in [6, 6.07) is 21.5. The van der Waals surface area contributed by atoms with Crippen LogP contribution in [0.4, 0.5) is 32.3 Å². The highest BCUT2D eigenvalue weighted by Gasteiger charge is 2.38. The maximum absolute atomic E-state index is 12.9. The van der Waals surface area contributed by atoms with E-state index in [0.717, 1.165) is 65.5 Å². The molecule has 107 heavy (non-hydrogen) atoms. The van der Waals surface area contributed by atoms with Crippen molar-refractivity contribution in [3.63, 3.8) is 0 Å². The van der Waals surface area contributed by atoms with Gasteiger partial charge in [-0.1, -0.05) is 61.1 Å². The summed E-state index contributed by atoms with van der Waals surface area (Å²) in [6.45, 7) is 8.26. The number of ether oxygens (including phenoxy) is 8. The number of benzene rings is 4. The van der Waals surface area contributed by atoms with Crippen LogP contribution >= 0.6 is 0 Å². The standard InChI is InChI=1S/C41H55N5O12.C31H37N3O10.CH4O3S/c1-3-4-21-55-23-18-42-35(47)8-5-10-37(49)44-28-12-14-30-31-15-13-29(45-38(50)11-6-9-36(48)43-19-24-56-22-7-20-54-2)26-33(31)34(32(30)25-28)27-57-41(53)58-46-39(51)16-17-40(46)52;1-3-4-13-41-18-27(35)32-20-6-8-22-23-9-7-21(33-28(36)19-42-14-5-12-40-2)16-25(23)26(24(22)15-20)17-43-31(39)44-34-29(37)10-11-30(34)38;1-5(2,3)4/h12-15,25-26,34H,3-11,16-24,27H2,1-2H3,(H,42,47)(H,43,48)(H,44,49)(H,45,50);6-9,15-16,26H,3-5,10-14,17-19H2,1-2H3,(H,32,35)(H,33,36);1H3,(H,2,3,4). The summed E-state index contributed by atoms with van der Waals surface area (Å²) in [6.07, 6.45) is 4.57. The predicted molar refractivity (Wildman–Crippen MR) is 386 cm³/mol. The molecule has 2 atom stereocenters. The Bertz CT molecular complexity index is 3810. The van der Waals surface area contributed by atoms with E-state index in [9.17, 15) is 66.0 Å². The number of anilines is 4. The van der Waals surface area contributed by atoms with Gasteiger partial charge < -0.3 is 69.8 Å². The van der Waals surface area contributed by atoms with Crippen molar-refractivity contribution in [2.75, 3.05) is 134 Å². The highest BCUT2D eigenvalue weighted by molar-refractivity contribution is 7.85. The van der Waals surface area contributed by atoms with Crippen LogP contribution < -0.4 is 31.9 Å². The fourth-order valence-corrected chi connectivity index (χ4v) is 11.2. The molecule has 2 unspecified atom stereocenters. The Labute approximate surface area is 620 Å². The zero-order valence-electron chi connectivity index (χ0n) is 60.8. The van der Waals surface area contributed by atoms with Crippen molar-refractivity contribution < 1.29 is 118 Å². The lowest BCUT2D eigenvalue weighted by Crippen LogP contribution is -2.32. The van der Waals surface area contributed by atoms with Crippen LogP contribution in [0.15, 0.2) is 72.8 Å². The van der Waals surface area contributed by atoms with Crippen LogP contribution in [0.5, 0.6) is 0 Å². The van der Waals surface area contributed by atoms with E-state index >= 15 is 0 Å². The number of unbranched alkanes of at least 4 members (excludes halogenated alkanes) is 2. The Balaban J connectivity index is 0.000000325. The van der Waals surface area contributed by atoms with Crippen molar-refractivity contribution in [3.05, 3.63) is 95.1 Å². The van der Waals surface area contributed by atoms with Crippen molar-refractivity contribution in [2.45, 2.75) is 128 Å². The number of imide groups is 2. The molecule has 0 saturated carbocycles. The lowest BCUT2D eigenvalue weighted by molar-refractivity contribution is -0.177. The van der Waals surface area contributed by atoms with E-state index in [1.54, 1.807) is 62.8 Å². The van der Waals surface area contributed by atoms with Crippen LogP contribution in [0.1, 0.15) is 151 Å². The van der Waals surface area contributed by atoms with E-state index in [2.05, 4.69) is 38.8 Å². The van der Waals surface area contributed by atoms with Gasteiger partial charge in [-0.25, -0.2) is 9.59 Å². The molecule has 0 radical (unpaired) electrons. The average molecular weight is 1520 g/mol. The maximum Gasteiger partial charge on any atom is 0.533 e. The summed E-state index contributed by atoms with van der Waals surface area (Å²) in [5.74, 6) is -5.19. The number of hydroxylamine groups is 4. The summed E-state index contributed by atoms with van der Waals surface area (Å²) in [5, 5.41) is 17.8. The van der Waals surface area contributed by atoms with Gasteiger partial charge in [-0.05, 0) is 132 Å². The lowest BCUT2D eigenvalue weighted by Gasteiger charge is -2.17. The highest BCUT2D eigenvalue weighted by Crippen LogP contribution is 2.48. The minimum absolute atomic E-state index is 0.0413. The van der Waals surface area contributed by atoms with E-state index in [0.29, 0.717) is 135 Å². The van der Waals surface area contributed by atoms with Crippen LogP contribution in [0, 0.1) is 0 Å². The van der Waals surface area contributed by atoms with Gasteiger partial charge in [0.2, 0.25) is 35.4 Å². The minimum Gasteiger partial charge on any atom is -0.432 e. The molecule has 0 aromatic heterocycles. The number of carbonyl (C=O) groups is 12. The summed E-state index contributed by atoms with van der Waals surface area (Å²) in [5.41, 5.74) is 8.26. The van der Waals surface area contributed by atoms with Gasteiger partial charge in [0.05, 0.1) is 19.5 Å². The zero-order valence-corrected chi connectivity index (χ0v) is 61.7. The molecule has 33 nitrogen and oxygen atoms in total. The van der Waals surface area contributed by atoms with Crippen LogP contribution in [0.2, 0.25) is 0 Å². The van der Waals surface area contributed by atoms with Crippen molar-refractivity contribution in [1.29, 1.82) is 0 Å². The van der Waals surface area contributed by atoms with Crippen LogP contribution in [0.25, 0.3) is 22.3 Å². The topological polar surface area (TPSA) is 430 Å². The third-order valence-electron chi connectivity index (χ3n) is 16.3. The van der Waals surface area contributed by atoms with Crippen molar-refractivity contribution in [1.82, 2.24) is 20.8 Å². The first kappa shape index (κ1) is 86.1. The number of nitrogens with one attached hydrogen (secondary N) is 6. The number of carbonyl (C=O) groups excluding carboxylic acids is 12. The summed E-state index contributed by atoms with van der Waals surface area (Å²) in [4.78, 5) is 158. The SMILES string of the molecule is CCCCOCC(=O)Nc1ccc2c(c1)C(COC(=O)ON1C(=O)CCC1=O)c1cc(NC(=O)COCCCOC)ccc1-2.CCCCOCCNC(=O)CCCC(=O)Nc1ccc2c(c1)C(COC(=O)ON1C(=O)CCC1=O)c1cc(NC(=O)CCCC(=O)NCCOCCCOC)ccc1-2.CS(=O)(=O)O. The largest absolute Gasteiger partial charge is 0.533 e. The minimum atomic E-state index is -3.67. The molecule has 4 aromatic carbocycles. The van der Waals surface area contributed by atoms with Gasteiger partial charge in [0, 0.05) is 153 Å². The first-order valence-electron chi connectivity index (χ1n) is 35.3. The lowest BCUT2D eigenvalue weighted by atomic mass is 9.97. The number of hydrogen-bond acceptors (Lipinski definition) is 24. The Morgan fingerprint density at radius 1 is 0.421 bits per heavy atom. The average Bonchev–Trinajstić information content (AvgIpc) is 1.61. The van der Waals surface area contributed by atoms with E-state index in [1.807, 2.05) is 31.2 Å². The number of amides is 10. The van der Waals surface area contributed by atoms with Crippen molar-refractivity contribution in [2.24, 2.45) is 0 Å². The number of nitrogens with zero attached hydrogens (tertiary/aromatic N) is 2. The van der Waals surface area contributed by atoms with E-state index < -0.39 is 57.9 Å². The summed E-state index contributed by atoms with van der Waals surface area (Å²) >= 11 is 0. The summed E-state index contributed by atoms with van der Waals surface area (Å²) in [7, 11) is -0.451. The van der Waals surface area contributed by atoms with Crippen LogP contribution in [-0.4, -0.2) is 207 Å². The first-order chi connectivity index (χ1) is 51.4. The third-order valence-corrected chi connectivity index (χ3v) is 16.3. The molecule has 0 spiro atoms. The molecule has 7 N–H and O–H groups in total. The predicted octanol–water partition coefficient (Wildman–Crippen LogP) is 7.60. The molecule has 2 heterocycles. The highest BCUT2D eigenvalue weighted by atomic mass is 32.2. The Morgan fingerprint density at radius 2 is 0.720 bits per heavy atom. The van der Waals surface area contributed by atoms with Crippen LogP contribution in [0.3, 0.4) is 0 Å². The normalized spacial score (nSPS) is 14.4. The molecule has 584 valence electrons. The molecule has 4 aliphatic rings. The molecule has 8 rings (SSSR count).